The van der Waals surface area contributed by atoms with Crippen molar-refractivity contribution in [2.24, 2.45) is 0 Å². The van der Waals surface area contributed by atoms with E-state index in [0.29, 0.717) is 29.4 Å². The number of thiocyanates is 1. The predicted octanol–water partition coefficient (Wildman–Crippen LogP) is 4.86. The highest BCUT2D eigenvalue weighted by Crippen LogP contribution is 2.37. The lowest BCUT2D eigenvalue weighted by Crippen LogP contribution is -2.26. The van der Waals surface area contributed by atoms with E-state index in [1.807, 2.05) is 23.1 Å². The second kappa shape index (κ2) is 9.16. The molecule has 0 radical (unpaired) electrons. The Morgan fingerprint density at radius 1 is 1.12 bits per heavy atom. The molecule has 1 saturated heterocycles. The van der Waals surface area contributed by atoms with Crippen LogP contribution in [0, 0.1) is 10.7 Å². The standard InChI is InChI=1S/C23H18ClF2N7S/c24-18-9-5-4-6-15(18)12-33-21-19(30-31-33)20(32-11-10-17(13-32)34-14-27)28-22(29-21)23(25,26)16-7-2-1-3-8-16/h1-9,17H,10-13H2. The highest BCUT2D eigenvalue weighted by Gasteiger charge is 2.40. The van der Waals surface area contributed by atoms with Crippen molar-refractivity contribution in [3.63, 3.8) is 0 Å². The number of benzene rings is 2. The van der Waals surface area contributed by atoms with Gasteiger partial charge in [-0.25, -0.2) is 14.6 Å². The quantitative estimate of drug-likeness (QED) is 0.352. The van der Waals surface area contributed by atoms with Gasteiger partial charge in [-0.2, -0.15) is 14.0 Å². The molecule has 1 aliphatic rings. The Balaban J connectivity index is 1.64. The average molecular weight is 498 g/mol. The maximum Gasteiger partial charge on any atom is 0.331 e. The van der Waals surface area contributed by atoms with Crippen molar-refractivity contribution in [1.82, 2.24) is 25.0 Å². The summed E-state index contributed by atoms with van der Waals surface area (Å²) in [4.78, 5) is 10.4. The molecule has 2 aromatic heterocycles. The first-order valence-corrected chi connectivity index (χ1v) is 11.8. The third-order valence-electron chi connectivity index (χ3n) is 5.70. The first-order chi connectivity index (χ1) is 16.5. The van der Waals surface area contributed by atoms with Crippen LogP contribution in [-0.2, 0) is 12.5 Å². The minimum absolute atomic E-state index is 0.0614. The van der Waals surface area contributed by atoms with E-state index in [9.17, 15) is 0 Å². The van der Waals surface area contributed by atoms with Gasteiger partial charge in [0.25, 0.3) is 0 Å². The molecular weight excluding hydrogens is 480 g/mol. The van der Waals surface area contributed by atoms with Gasteiger partial charge >= 0.3 is 5.92 Å². The van der Waals surface area contributed by atoms with Crippen molar-refractivity contribution in [2.75, 3.05) is 18.0 Å². The van der Waals surface area contributed by atoms with Crippen LogP contribution in [0.4, 0.5) is 14.6 Å². The molecule has 1 atom stereocenters. The molecule has 2 aromatic carbocycles. The second-order valence-corrected chi connectivity index (χ2v) is 9.38. The van der Waals surface area contributed by atoms with Crippen LogP contribution >= 0.6 is 23.4 Å². The van der Waals surface area contributed by atoms with Crippen molar-refractivity contribution in [3.05, 3.63) is 76.6 Å². The zero-order chi connectivity index (χ0) is 23.7. The molecule has 1 fully saturated rings. The molecule has 0 N–H and O–H groups in total. The fourth-order valence-corrected chi connectivity index (χ4v) is 4.79. The first-order valence-electron chi connectivity index (χ1n) is 10.6. The summed E-state index contributed by atoms with van der Waals surface area (Å²) in [5, 5.41) is 20.2. The van der Waals surface area contributed by atoms with Crippen molar-refractivity contribution in [3.8, 4) is 5.40 Å². The number of alkyl halides is 2. The summed E-state index contributed by atoms with van der Waals surface area (Å²) in [6, 6.07) is 14.7. The van der Waals surface area contributed by atoms with Gasteiger partial charge in [-0.15, -0.1) is 5.10 Å². The largest absolute Gasteiger partial charge is 0.353 e. The number of fused-ring (bicyclic) bond motifs is 1. The molecule has 1 aliphatic heterocycles. The SMILES string of the molecule is N#CSC1CCN(c2nc(C(F)(F)c3ccccc3)nc3c2nnn3Cc2ccccc2Cl)C1. The molecular formula is C23H18ClF2N7S. The summed E-state index contributed by atoms with van der Waals surface area (Å²) >= 11 is 7.48. The highest BCUT2D eigenvalue weighted by molar-refractivity contribution is 8.04. The van der Waals surface area contributed by atoms with Gasteiger partial charge in [0, 0.05) is 28.9 Å². The molecule has 172 valence electrons. The third kappa shape index (κ3) is 4.17. The van der Waals surface area contributed by atoms with Crippen LogP contribution in [0.25, 0.3) is 11.2 Å². The van der Waals surface area contributed by atoms with Gasteiger partial charge in [0.2, 0.25) is 5.82 Å². The van der Waals surface area contributed by atoms with Gasteiger partial charge in [-0.1, -0.05) is 65.3 Å². The Bertz CT molecular complexity index is 1370. The molecule has 0 spiro atoms. The van der Waals surface area contributed by atoms with E-state index in [2.05, 4.69) is 25.7 Å². The fourth-order valence-electron chi connectivity index (χ4n) is 3.97. The van der Waals surface area contributed by atoms with E-state index in [4.69, 9.17) is 16.9 Å². The Labute approximate surface area is 203 Å². The third-order valence-corrected chi connectivity index (χ3v) is 6.90. The number of aromatic nitrogens is 5. The molecule has 3 heterocycles. The molecule has 0 aliphatic carbocycles. The molecule has 0 saturated carbocycles. The van der Waals surface area contributed by atoms with Crippen LogP contribution in [0.5, 0.6) is 0 Å². The van der Waals surface area contributed by atoms with Crippen LogP contribution in [0.2, 0.25) is 5.02 Å². The summed E-state index contributed by atoms with van der Waals surface area (Å²) in [7, 11) is 0. The molecule has 5 rings (SSSR count). The molecule has 34 heavy (non-hydrogen) atoms. The van der Waals surface area contributed by atoms with Crippen LogP contribution in [0.1, 0.15) is 23.4 Å². The number of nitriles is 1. The normalized spacial score (nSPS) is 16.2. The average Bonchev–Trinajstić information content (AvgIpc) is 3.48. The topological polar surface area (TPSA) is 83.5 Å². The molecule has 4 aromatic rings. The smallest absolute Gasteiger partial charge is 0.331 e. The number of thioether (sulfide) groups is 1. The van der Waals surface area contributed by atoms with Crippen LogP contribution in [-0.4, -0.2) is 43.3 Å². The maximum atomic E-state index is 15.5. The summed E-state index contributed by atoms with van der Waals surface area (Å²) in [6.07, 6.45) is 0.738. The van der Waals surface area contributed by atoms with E-state index < -0.39 is 11.7 Å². The first kappa shape index (κ1) is 22.5. The van der Waals surface area contributed by atoms with Crippen molar-refractivity contribution >= 4 is 40.3 Å². The van der Waals surface area contributed by atoms with Gasteiger partial charge in [-0.3, -0.25) is 0 Å². The maximum absolute atomic E-state index is 15.5. The summed E-state index contributed by atoms with van der Waals surface area (Å²) in [5.41, 5.74) is 1.10. The van der Waals surface area contributed by atoms with Crippen molar-refractivity contribution in [2.45, 2.75) is 24.1 Å². The monoisotopic (exact) mass is 497 g/mol. The zero-order valence-corrected chi connectivity index (χ0v) is 19.3. The van der Waals surface area contributed by atoms with E-state index in [1.54, 1.807) is 24.3 Å². The molecule has 7 nitrogen and oxygen atoms in total. The van der Waals surface area contributed by atoms with Gasteiger partial charge in [-0.05, 0) is 29.8 Å². The number of hydrogen-bond acceptors (Lipinski definition) is 7. The number of halogens is 3. The zero-order valence-electron chi connectivity index (χ0n) is 17.8. The van der Waals surface area contributed by atoms with E-state index in [0.717, 1.165) is 12.0 Å². The van der Waals surface area contributed by atoms with E-state index in [1.165, 1.54) is 28.6 Å². The lowest BCUT2D eigenvalue weighted by Gasteiger charge is -2.21. The predicted molar refractivity (Wildman–Crippen MR) is 127 cm³/mol. The van der Waals surface area contributed by atoms with Gasteiger partial charge in [0.1, 0.15) is 5.40 Å². The summed E-state index contributed by atoms with van der Waals surface area (Å²) in [6.45, 7) is 1.28. The second-order valence-electron chi connectivity index (χ2n) is 7.89. The minimum atomic E-state index is -3.43. The van der Waals surface area contributed by atoms with Gasteiger partial charge in [0.05, 0.1) is 6.54 Å². The number of nitrogens with zero attached hydrogens (tertiary/aromatic N) is 7. The molecule has 11 heteroatoms. The Morgan fingerprint density at radius 3 is 2.65 bits per heavy atom. The molecule has 0 bridgehead atoms. The van der Waals surface area contributed by atoms with Crippen LogP contribution < -0.4 is 4.90 Å². The number of rotatable bonds is 6. The van der Waals surface area contributed by atoms with Crippen molar-refractivity contribution < 1.29 is 8.78 Å². The summed E-state index contributed by atoms with van der Waals surface area (Å²) < 4.78 is 32.6. The van der Waals surface area contributed by atoms with E-state index >= 15 is 8.78 Å². The Hall–Kier alpha value is -3.29. The Morgan fingerprint density at radius 2 is 1.88 bits per heavy atom. The lowest BCUT2D eigenvalue weighted by molar-refractivity contribution is 0.0332. The van der Waals surface area contributed by atoms with Crippen molar-refractivity contribution in [1.29, 1.82) is 5.26 Å². The Kier molecular flexibility index (Phi) is 6.06. The number of anilines is 1. The fraction of sp³-hybridized carbons (Fsp3) is 0.261. The minimum Gasteiger partial charge on any atom is -0.353 e. The highest BCUT2D eigenvalue weighted by atomic mass is 35.5. The number of hydrogen-bond donors (Lipinski definition) is 0. The van der Waals surface area contributed by atoms with Crippen LogP contribution in [0.15, 0.2) is 54.6 Å². The lowest BCUT2D eigenvalue weighted by atomic mass is 10.1. The summed E-state index contributed by atoms with van der Waals surface area (Å²) in [5.74, 6) is -3.76. The van der Waals surface area contributed by atoms with Gasteiger partial charge in [0.15, 0.2) is 17.0 Å². The van der Waals surface area contributed by atoms with Crippen LogP contribution in [0.3, 0.4) is 0 Å². The molecule has 1 unspecified atom stereocenters. The van der Waals surface area contributed by atoms with E-state index in [-0.39, 0.29) is 23.0 Å². The van der Waals surface area contributed by atoms with Gasteiger partial charge < -0.3 is 4.90 Å². The molecule has 0 amide bonds.